The number of ketones is 1. The van der Waals surface area contributed by atoms with E-state index in [9.17, 15) is 10.1 Å². The first kappa shape index (κ1) is 15.4. The molecule has 0 aliphatic heterocycles. The van der Waals surface area contributed by atoms with Gasteiger partial charge in [0.25, 0.3) is 0 Å². The number of nitriles is 1. The van der Waals surface area contributed by atoms with Crippen molar-refractivity contribution in [2.45, 2.75) is 38.5 Å². The Kier molecular flexibility index (Phi) is 4.52. The summed E-state index contributed by atoms with van der Waals surface area (Å²) in [7, 11) is 3.10. The van der Waals surface area contributed by atoms with E-state index in [-0.39, 0.29) is 11.2 Å². The molecule has 0 radical (unpaired) electrons. The molecule has 0 heterocycles. The molecule has 1 fully saturated rings. The van der Waals surface area contributed by atoms with Crippen molar-refractivity contribution < 1.29 is 14.3 Å². The number of nitrogens with zero attached hydrogens (tertiary/aromatic N) is 1. The van der Waals surface area contributed by atoms with Gasteiger partial charge in [-0.05, 0) is 30.5 Å². The maximum absolute atomic E-state index is 12.8. The third-order valence-corrected chi connectivity index (χ3v) is 4.43. The van der Waals surface area contributed by atoms with Gasteiger partial charge >= 0.3 is 0 Å². The number of Topliss-reactive ketones (excluding diaryl/α,β-unsaturated/α-hetero) is 1. The molecule has 0 spiro atoms. The largest absolute Gasteiger partial charge is 0.493 e. The van der Waals surface area contributed by atoms with Gasteiger partial charge in [-0.3, -0.25) is 4.79 Å². The highest BCUT2D eigenvalue weighted by atomic mass is 16.5. The highest BCUT2D eigenvalue weighted by Crippen LogP contribution is 2.42. The molecule has 21 heavy (non-hydrogen) atoms. The predicted octanol–water partition coefficient (Wildman–Crippen LogP) is 3.46. The fourth-order valence-corrected chi connectivity index (χ4v) is 3.07. The Bertz CT molecular complexity index is 568. The summed E-state index contributed by atoms with van der Waals surface area (Å²) in [6, 6.07) is 7.40. The topological polar surface area (TPSA) is 59.3 Å². The summed E-state index contributed by atoms with van der Waals surface area (Å²) in [4.78, 5) is 12.8. The molecule has 1 aromatic rings. The van der Waals surface area contributed by atoms with Crippen molar-refractivity contribution >= 4 is 5.78 Å². The second kappa shape index (κ2) is 6.17. The minimum Gasteiger partial charge on any atom is -0.493 e. The average Bonchev–Trinajstić information content (AvgIpc) is 2.95. The highest BCUT2D eigenvalue weighted by Gasteiger charge is 2.40. The number of hydrogen-bond donors (Lipinski definition) is 0. The van der Waals surface area contributed by atoms with Crippen molar-refractivity contribution in [1.29, 1.82) is 5.26 Å². The number of methoxy groups -OCH3 is 2. The highest BCUT2D eigenvalue weighted by molar-refractivity contribution is 5.93. The maximum Gasteiger partial charge on any atom is 0.161 e. The summed E-state index contributed by atoms with van der Waals surface area (Å²) in [6.45, 7) is 1.98. The van der Waals surface area contributed by atoms with Crippen molar-refractivity contribution in [3.63, 3.8) is 0 Å². The number of carbonyl (C=O) groups excluding carboxylic acids is 1. The molecule has 1 aromatic carbocycles. The van der Waals surface area contributed by atoms with E-state index in [0.717, 1.165) is 25.7 Å². The number of hydrogen-bond acceptors (Lipinski definition) is 4. The Hall–Kier alpha value is -2.02. The van der Waals surface area contributed by atoms with Gasteiger partial charge in [-0.2, -0.15) is 5.26 Å². The molecule has 1 saturated carbocycles. The molecule has 1 aliphatic carbocycles. The third-order valence-electron chi connectivity index (χ3n) is 4.43. The summed E-state index contributed by atoms with van der Waals surface area (Å²) < 4.78 is 10.4. The lowest BCUT2D eigenvalue weighted by molar-refractivity contribution is -0.128. The second-order valence-corrected chi connectivity index (χ2v) is 5.81. The van der Waals surface area contributed by atoms with E-state index in [4.69, 9.17) is 9.47 Å². The molecule has 0 saturated heterocycles. The van der Waals surface area contributed by atoms with Gasteiger partial charge in [0.2, 0.25) is 0 Å². The van der Waals surface area contributed by atoms with Crippen LogP contribution in [0.3, 0.4) is 0 Å². The van der Waals surface area contributed by atoms with Gasteiger partial charge in [-0.25, -0.2) is 0 Å². The summed E-state index contributed by atoms with van der Waals surface area (Å²) >= 11 is 0. The van der Waals surface area contributed by atoms with E-state index in [1.807, 2.05) is 6.92 Å². The Morgan fingerprint density at radius 2 is 1.86 bits per heavy atom. The Labute approximate surface area is 125 Å². The normalized spacial score (nSPS) is 17.8. The van der Waals surface area contributed by atoms with Crippen molar-refractivity contribution in [3.05, 3.63) is 23.8 Å². The van der Waals surface area contributed by atoms with Crippen LogP contribution in [-0.4, -0.2) is 20.0 Å². The standard InChI is InChI=1S/C17H21NO3/c1-17(8-4-5-9-17)16(19)13(11-18)12-6-7-14(20-2)15(10-12)21-3/h6-7,10,13H,4-5,8-9H2,1-3H3. The zero-order valence-corrected chi connectivity index (χ0v) is 12.8. The summed E-state index contributed by atoms with van der Waals surface area (Å²) in [5.41, 5.74) is 0.307. The van der Waals surface area contributed by atoms with Crippen LogP contribution < -0.4 is 9.47 Å². The van der Waals surface area contributed by atoms with E-state index in [1.54, 1.807) is 32.4 Å². The molecule has 4 heteroatoms. The van der Waals surface area contributed by atoms with Crippen LogP contribution in [-0.2, 0) is 4.79 Å². The number of benzene rings is 1. The molecular formula is C17H21NO3. The van der Waals surface area contributed by atoms with Gasteiger partial charge in [0.15, 0.2) is 17.3 Å². The lowest BCUT2D eigenvalue weighted by Crippen LogP contribution is -2.29. The van der Waals surface area contributed by atoms with Crippen molar-refractivity contribution in [3.8, 4) is 17.6 Å². The molecule has 112 valence electrons. The summed E-state index contributed by atoms with van der Waals surface area (Å²) in [5, 5.41) is 9.47. The smallest absolute Gasteiger partial charge is 0.161 e. The first-order chi connectivity index (χ1) is 10.1. The van der Waals surface area contributed by atoms with E-state index >= 15 is 0 Å². The van der Waals surface area contributed by atoms with Gasteiger partial charge in [0.05, 0.1) is 20.3 Å². The van der Waals surface area contributed by atoms with E-state index in [2.05, 4.69) is 6.07 Å². The number of ether oxygens (including phenoxy) is 2. The van der Waals surface area contributed by atoms with E-state index in [1.165, 1.54) is 0 Å². The fourth-order valence-electron chi connectivity index (χ4n) is 3.07. The van der Waals surface area contributed by atoms with Gasteiger partial charge in [-0.1, -0.05) is 25.8 Å². The molecule has 0 aromatic heterocycles. The molecule has 2 rings (SSSR count). The molecule has 0 bridgehead atoms. The average molecular weight is 287 g/mol. The van der Waals surface area contributed by atoms with Crippen LogP contribution in [0, 0.1) is 16.7 Å². The van der Waals surface area contributed by atoms with Crippen LogP contribution in [0.4, 0.5) is 0 Å². The quantitative estimate of drug-likeness (QED) is 0.832. The minimum absolute atomic E-state index is 0.0229. The van der Waals surface area contributed by atoms with Crippen LogP contribution in [0.2, 0.25) is 0 Å². The molecule has 0 N–H and O–H groups in total. The Balaban J connectivity index is 2.34. The van der Waals surface area contributed by atoms with Crippen LogP contribution in [0.5, 0.6) is 11.5 Å². The molecule has 4 nitrogen and oxygen atoms in total. The minimum atomic E-state index is -0.743. The lowest BCUT2D eigenvalue weighted by Gasteiger charge is -2.24. The van der Waals surface area contributed by atoms with Gasteiger partial charge in [-0.15, -0.1) is 0 Å². The second-order valence-electron chi connectivity index (χ2n) is 5.81. The van der Waals surface area contributed by atoms with Gasteiger partial charge < -0.3 is 9.47 Å². The van der Waals surface area contributed by atoms with Crippen molar-refractivity contribution in [2.75, 3.05) is 14.2 Å². The molecule has 1 atom stereocenters. The fraction of sp³-hybridized carbons (Fsp3) is 0.529. The van der Waals surface area contributed by atoms with Crippen LogP contribution >= 0.6 is 0 Å². The monoisotopic (exact) mass is 287 g/mol. The third kappa shape index (κ3) is 2.87. The SMILES string of the molecule is COc1ccc(C(C#N)C(=O)C2(C)CCCC2)cc1OC. The molecule has 1 unspecified atom stereocenters. The zero-order chi connectivity index (χ0) is 15.5. The Morgan fingerprint density at radius 1 is 1.24 bits per heavy atom. The molecular weight excluding hydrogens is 266 g/mol. The zero-order valence-electron chi connectivity index (χ0n) is 12.8. The Morgan fingerprint density at radius 3 is 2.38 bits per heavy atom. The van der Waals surface area contributed by atoms with Crippen LogP contribution in [0.1, 0.15) is 44.1 Å². The van der Waals surface area contributed by atoms with E-state index in [0.29, 0.717) is 17.1 Å². The first-order valence-electron chi connectivity index (χ1n) is 7.21. The van der Waals surface area contributed by atoms with Crippen molar-refractivity contribution in [2.24, 2.45) is 5.41 Å². The van der Waals surface area contributed by atoms with Crippen LogP contribution in [0.25, 0.3) is 0 Å². The summed E-state index contributed by atoms with van der Waals surface area (Å²) in [6.07, 6.45) is 3.87. The summed E-state index contributed by atoms with van der Waals surface area (Å²) in [5.74, 6) is 0.416. The number of rotatable bonds is 5. The molecule has 0 amide bonds. The van der Waals surface area contributed by atoms with E-state index < -0.39 is 5.92 Å². The number of carbonyl (C=O) groups is 1. The van der Waals surface area contributed by atoms with Gasteiger partial charge in [0.1, 0.15) is 5.92 Å². The first-order valence-corrected chi connectivity index (χ1v) is 7.21. The van der Waals surface area contributed by atoms with Crippen molar-refractivity contribution in [1.82, 2.24) is 0 Å². The maximum atomic E-state index is 12.8. The lowest BCUT2D eigenvalue weighted by atomic mass is 9.76. The van der Waals surface area contributed by atoms with Gasteiger partial charge in [0, 0.05) is 5.41 Å². The predicted molar refractivity (Wildman–Crippen MR) is 79.5 cm³/mol. The molecule has 1 aliphatic rings. The van der Waals surface area contributed by atoms with Crippen LogP contribution in [0.15, 0.2) is 18.2 Å².